The first-order chi connectivity index (χ1) is 13.0. The molecule has 0 bridgehead atoms. The Labute approximate surface area is 163 Å². The van der Waals surface area contributed by atoms with E-state index in [0.717, 1.165) is 32.7 Å². The second-order valence-electron chi connectivity index (χ2n) is 6.45. The van der Waals surface area contributed by atoms with Crippen molar-refractivity contribution in [2.75, 3.05) is 13.2 Å². The largest absolute Gasteiger partial charge is 0.450 e. The van der Waals surface area contributed by atoms with Crippen LogP contribution < -0.4 is 0 Å². The average molecular weight is 435 g/mol. The molecule has 0 saturated carbocycles. The molecule has 1 aliphatic rings. The minimum Gasteiger partial charge on any atom is -0.450 e. The molecular weight excluding hydrogens is 418 g/mol. The smallest absolute Gasteiger partial charge is 0.410 e. The number of benzene rings is 2. The van der Waals surface area contributed by atoms with E-state index in [4.69, 9.17) is 4.74 Å². The number of amides is 1. The fraction of sp³-hybridized carbons (Fsp3) is 0.250. The first-order valence-electron chi connectivity index (χ1n) is 8.67. The van der Waals surface area contributed by atoms with Crippen LogP contribution in [-0.2, 0) is 11.2 Å². The predicted octanol–water partition coefficient (Wildman–Crippen LogP) is 5.31. The summed E-state index contributed by atoms with van der Waals surface area (Å²) < 4.78 is 33.9. The summed E-state index contributed by atoms with van der Waals surface area (Å²) in [6, 6.07) is 8.56. The van der Waals surface area contributed by atoms with E-state index in [9.17, 15) is 13.6 Å². The molecule has 7 heteroatoms. The normalized spacial score (nSPS) is 16.4. The van der Waals surface area contributed by atoms with Crippen LogP contribution in [0.3, 0.4) is 0 Å². The number of ether oxygens (including phenoxy) is 1. The molecule has 1 atom stereocenters. The Balaban J connectivity index is 1.91. The van der Waals surface area contributed by atoms with Crippen molar-refractivity contribution in [3.8, 4) is 0 Å². The molecule has 4 rings (SSSR count). The number of fused-ring (bicyclic) bond motifs is 3. The van der Waals surface area contributed by atoms with Crippen LogP contribution in [0.25, 0.3) is 10.9 Å². The molecule has 1 N–H and O–H groups in total. The highest BCUT2D eigenvalue weighted by Gasteiger charge is 2.35. The van der Waals surface area contributed by atoms with Gasteiger partial charge in [-0.2, -0.15) is 0 Å². The Morgan fingerprint density at radius 1 is 1.26 bits per heavy atom. The maximum atomic E-state index is 13.9. The van der Waals surface area contributed by atoms with E-state index in [1.165, 1.54) is 17.0 Å². The minimum absolute atomic E-state index is 0.228. The fourth-order valence-corrected chi connectivity index (χ4v) is 4.10. The molecule has 1 amide bonds. The third-order valence-electron chi connectivity index (χ3n) is 4.79. The summed E-state index contributed by atoms with van der Waals surface area (Å²) in [6.45, 7) is 2.35. The molecule has 140 valence electrons. The number of H-pyrrole nitrogens is 1. The summed E-state index contributed by atoms with van der Waals surface area (Å²) in [6.07, 6.45) is 0.122. The van der Waals surface area contributed by atoms with Gasteiger partial charge in [0.2, 0.25) is 0 Å². The van der Waals surface area contributed by atoms with E-state index >= 15 is 0 Å². The number of carbonyl (C=O) groups is 1. The van der Waals surface area contributed by atoms with Crippen LogP contribution in [0.2, 0.25) is 0 Å². The van der Waals surface area contributed by atoms with Crippen LogP contribution in [0.15, 0.2) is 40.9 Å². The number of aromatic amines is 1. The number of nitrogens with zero attached hydrogens (tertiary/aromatic N) is 1. The number of rotatable bonds is 2. The SMILES string of the molecule is CCOC(=O)N1CCc2c([nH]c3ccc(Br)cc23)C1c1cc(F)cc(F)c1. The lowest BCUT2D eigenvalue weighted by Gasteiger charge is -2.35. The van der Waals surface area contributed by atoms with Crippen molar-refractivity contribution in [1.29, 1.82) is 0 Å². The van der Waals surface area contributed by atoms with Gasteiger partial charge >= 0.3 is 6.09 Å². The molecule has 0 aliphatic carbocycles. The summed E-state index contributed by atoms with van der Waals surface area (Å²) >= 11 is 3.48. The second-order valence-corrected chi connectivity index (χ2v) is 7.37. The van der Waals surface area contributed by atoms with Crippen LogP contribution in [0, 0.1) is 11.6 Å². The summed E-state index contributed by atoms with van der Waals surface area (Å²) in [7, 11) is 0. The Morgan fingerprint density at radius 2 is 2.00 bits per heavy atom. The third kappa shape index (κ3) is 3.20. The molecule has 0 fully saturated rings. The lowest BCUT2D eigenvalue weighted by Crippen LogP contribution is -2.41. The summed E-state index contributed by atoms with van der Waals surface area (Å²) in [4.78, 5) is 17.4. The van der Waals surface area contributed by atoms with E-state index in [-0.39, 0.29) is 6.61 Å². The Hall–Kier alpha value is -2.41. The van der Waals surface area contributed by atoms with Gasteiger partial charge in [-0.25, -0.2) is 13.6 Å². The molecule has 0 radical (unpaired) electrons. The van der Waals surface area contributed by atoms with E-state index in [2.05, 4.69) is 20.9 Å². The quantitative estimate of drug-likeness (QED) is 0.593. The van der Waals surface area contributed by atoms with Gasteiger partial charge in [0, 0.05) is 33.7 Å². The molecule has 0 saturated heterocycles. The van der Waals surface area contributed by atoms with Gasteiger partial charge in [0.1, 0.15) is 17.7 Å². The van der Waals surface area contributed by atoms with Gasteiger partial charge in [-0.1, -0.05) is 15.9 Å². The lowest BCUT2D eigenvalue weighted by molar-refractivity contribution is 0.0931. The van der Waals surface area contributed by atoms with Gasteiger partial charge in [0.15, 0.2) is 0 Å². The highest BCUT2D eigenvalue weighted by atomic mass is 79.9. The standard InChI is InChI=1S/C20H17BrF2N2O2/c1-2-27-20(26)25-6-5-15-16-9-12(21)3-4-17(16)24-18(15)19(25)11-7-13(22)10-14(23)8-11/h3-4,7-10,19,24H,2,5-6H2,1H3. The van der Waals surface area contributed by atoms with Crippen molar-refractivity contribution in [2.45, 2.75) is 19.4 Å². The van der Waals surface area contributed by atoms with Crippen molar-refractivity contribution >= 4 is 32.9 Å². The molecule has 0 spiro atoms. The summed E-state index contributed by atoms with van der Waals surface area (Å²) in [5, 5.41) is 1.03. The molecule has 4 nitrogen and oxygen atoms in total. The van der Waals surface area contributed by atoms with Gasteiger partial charge in [-0.05, 0) is 54.8 Å². The number of hydrogen-bond acceptors (Lipinski definition) is 2. The zero-order chi connectivity index (χ0) is 19.1. The zero-order valence-electron chi connectivity index (χ0n) is 14.6. The van der Waals surface area contributed by atoms with Crippen molar-refractivity contribution in [3.63, 3.8) is 0 Å². The molecule has 1 aromatic heterocycles. The third-order valence-corrected chi connectivity index (χ3v) is 5.29. The minimum atomic E-state index is -0.681. The Kier molecular flexibility index (Phi) is 4.63. The molecule has 3 aromatic rings. The van der Waals surface area contributed by atoms with Crippen LogP contribution in [0.5, 0.6) is 0 Å². The molecule has 2 aromatic carbocycles. The number of halogens is 3. The van der Waals surface area contributed by atoms with Gasteiger partial charge in [0.25, 0.3) is 0 Å². The summed E-state index contributed by atoms with van der Waals surface area (Å²) in [5.74, 6) is -1.36. The predicted molar refractivity (Wildman–Crippen MR) is 102 cm³/mol. The average Bonchev–Trinajstić information content (AvgIpc) is 2.98. The monoisotopic (exact) mass is 434 g/mol. The van der Waals surface area contributed by atoms with Gasteiger partial charge in [0.05, 0.1) is 6.61 Å². The van der Waals surface area contributed by atoms with E-state index in [1.807, 2.05) is 18.2 Å². The van der Waals surface area contributed by atoms with Gasteiger partial charge in [-0.3, -0.25) is 4.90 Å². The molecule has 1 unspecified atom stereocenters. The summed E-state index contributed by atoms with van der Waals surface area (Å²) in [5.41, 5.74) is 3.08. The molecular formula is C20H17BrF2N2O2. The van der Waals surface area contributed by atoms with Gasteiger partial charge < -0.3 is 9.72 Å². The van der Waals surface area contributed by atoms with E-state index in [1.54, 1.807) is 6.92 Å². The van der Waals surface area contributed by atoms with E-state index in [0.29, 0.717) is 18.5 Å². The first kappa shape index (κ1) is 18.0. The van der Waals surface area contributed by atoms with Crippen molar-refractivity contribution in [2.24, 2.45) is 0 Å². The zero-order valence-corrected chi connectivity index (χ0v) is 16.1. The molecule has 27 heavy (non-hydrogen) atoms. The van der Waals surface area contributed by atoms with E-state index < -0.39 is 23.8 Å². The van der Waals surface area contributed by atoms with Crippen molar-refractivity contribution in [1.82, 2.24) is 9.88 Å². The molecule has 1 aliphatic heterocycles. The highest BCUT2D eigenvalue weighted by molar-refractivity contribution is 9.10. The number of hydrogen-bond donors (Lipinski definition) is 1. The van der Waals surface area contributed by atoms with Crippen molar-refractivity contribution in [3.05, 3.63) is 69.3 Å². The fourth-order valence-electron chi connectivity index (χ4n) is 3.74. The maximum Gasteiger partial charge on any atom is 0.410 e. The lowest BCUT2D eigenvalue weighted by atomic mass is 9.92. The van der Waals surface area contributed by atoms with Crippen LogP contribution in [0.4, 0.5) is 13.6 Å². The van der Waals surface area contributed by atoms with Gasteiger partial charge in [-0.15, -0.1) is 0 Å². The number of carbonyl (C=O) groups excluding carboxylic acids is 1. The number of nitrogens with one attached hydrogen (secondary N) is 1. The highest BCUT2D eigenvalue weighted by Crippen LogP contribution is 2.39. The first-order valence-corrected chi connectivity index (χ1v) is 9.46. The number of aromatic nitrogens is 1. The second kappa shape index (κ2) is 6.96. The van der Waals surface area contributed by atoms with Crippen molar-refractivity contribution < 1.29 is 18.3 Å². The Bertz CT molecular complexity index is 1010. The topological polar surface area (TPSA) is 45.3 Å². The van der Waals surface area contributed by atoms with Crippen LogP contribution >= 0.6 is 15.9 Å². The Morgan fingerprint density at radius 3 is 2.70 bits per heavy atom. The van der Waals surface area contributed by atoms with Crippen LogP contribution in [-0.4, -0.2) is 29.1 Å². The molecule has 2 heterocycles. The maximum absolute atomic E-state index is 13.9. The van der Waals surface area contributed by atoms with Crippen LogP contribution in [0.1, 0.15) is 29.8 Å².